The highest BCUT2D eigenvalue weighted by atomic mass is 16.4. The van der Waals surface area contributed by atoms with E-state index < -0.39 is 5.97 Å². The van der Waals surface area contributed by atoms with Crippen molar-refractivity contribution in [1.82, 2.24) is 0 Å². The largest absolute Gasteiger partial charge is 0.516 e. The minimum Gasteiger partial charge on any atom is -0.516 e. The van der Waals surface area contributed by atoms with E-state index in [0.29, 0.717) is 0 Å². The summed E-state index contributed by atoms with van der Waals surface area (Å²) in [5.74, 6) is 1.75. The molecule has 0 aliphatic heterocycles. The first-order valence-corrected chi connectivity index (χ1v) is 7.12. The van der Waals surface area contributed by atoms with E-state index >= 15 is 0 Å². The maximum Gasteiger partial charge on any atom is 0.309 e. The summed E-state index contributed by atoms with van der Waals surface area (Å²) in [4.78, 5) is 11.3. The van der Waals surface area contributed by atoms with Crippen LogP contribution in [-0.2, 0) is 4.79 Å². The van der Waals surface area contributed by atoms with E-state index in [9.17, 15) is 9.90 Å². The van der Waals surface area contributed by atoms with Crippen LogP contribution in [0.4, 0.5) is 0 Å². The second kappa shape index (κ2) is 5.33. The average molecular weight is 252 g/mol. The van der Waals surface area contributed by atoms with E-state index in [1.54, 1.807) is 6.08 Å². The Morgan fingerprint density at radius 3 is 1.83 bits per heavy atom. The Labute approximate surface area is 109 Å². The third kappa shape index (κ3) is 2.55. The molecule has 0 aromatic rings. The van der Waals surface area contributed by atoms with Gasteiger partial charge in [-0.2, -0.15) is 0 Å². The summed E-state index contributed by atoms with van der Waals surface area (Å²) in [5.41, 5.74) is -0.283. The molecular weight excluding hydrogens is 228 g/mol. The summed E-state index contributed by atoms with van der Waals surface area (Å²) < 4.78 is 0. The first kappa shape index (κ1) is 13.4. The Kier molecular flexibility index (Phi) is 3.98. The van der Waals surface area contributed by atoms with Crippen LogP contribution < -0.4 is 0 Å². The van der Waals surface area contributed by atoms with Gasteiger partial charge in [-0.05, 0) is 62.7 Å². The smallest absolute Gasteiger partial charge is 0.309 e. The molecule has 3 nitrogen and oxygen atoms in total. The Morgan fingerprint density at radius 2 is 1.61 bits per heavy atom. The fourth-order valence-electron chi connectivity index (χ4n) is 4.48. The van der Waals surface area contributed by atoms with Crippen LogP contribution in [0, 0.1) is 23.2 Å². The molecule has 0 aromatic carbocycles. The summed E-state index contributed by atoms with van der Waals surface area (Å²) >= 11 is 0. The molecule has 2 N–H and O–H groups in total. The Bertz CT molecular complexity index is 297. The Balaban J connectivity index is 0.000000209. The summed E-state index contributed by atoms with van der Waals surface area (Å²) in [6.07, 6.45) is 10.6. The van der Waals surface area contributed by atoms with Crippen LogP contribution in [0.5, 0.6) is 0 Å². The van der Waals surface area contributed by atoms with Gasteiger partial charge in [-0.1, -0.05) is 13.0 Å². The molecule has 4 fully saturated rings. The minimum atomic E-state index is -0.508. The third-order valence-corrected chi connectivity index (χ3v) is 4.83. The average Bonchev–Trinajstić information content (AvgIpc) is 2.28. The quantitative estimate of drug-likeness (QED) is 0.736. The van der Waals surface area contributed by atoms with Crippen LogP contribution in [0.3, 0.4) is 0 Å². The highest BCUT2D eigenvalue weighted by Gasteiger charge is 2.54. The number of hydrogen-bond acceptors (Lipinski definition) is 2. The third-order valence-electron chi connectivity index (χ3n) is 4.83. The predicted octanol–water partition coefficient (Wildman–Crippen LogP) is 3.76. The standard InChI is InChI=1S/C11H16O2.C4H8O/c12-10(13)11-4-7-1-8(5-11)3-9(2-7)6-11;1-2-3-4-5/h7-9H,1-6H2,(H,12,13);3-5H,2H2,1H3. The topological polar surface area (TPSA) is 57.5 Å². The maximum atomic E-state index is 11.3. The molecule has 3 heteroatoms. The van der Waals surface area contributed by atoms with Crippen LogP contribution in [0.15, 0.2) is 12.3 Å². The van der Waals surface area contributed by atoms with E-state index in [1.165, 1.54) is 19.3 Å². The fraction of sp³-hybridized carbons (Fsp3) is 0.800. The normalized spacial score (nSPS) is 40.6. The van der Waals surface area contributed by atoms with E-state index in [1.807, 2.05) is 6.92 Å². The number of allylic oxidation sites excluding steroid dienone is 1. The van der Waals surface area contributed by atoms with Crippen molar-refractivity contribution in [3.8, 4) is 0 Å². The maximum absolute atomic E-state index is 11.3. The van der Waals surface area contributed by atoms with Crippen LogP contribution in [0.2, 0.25) is 0 Å². The van der Waals surface area contributed by atoms with Crippen LogP contribution >= 0.6 is 0 Å². The van der Waals surface area contributed by atoms with Crippen LogP contribution in [-0.4, -0.2) is 16.2 Å². The van der Waals surface area contributed by atoms with E-state index in [2.05, 4.69) is 0 Å². The van der Waals surface area contributed by atoms with Crippen molar-refractivity contribution >= 4 is 5.97 Å². The van der Waals surface area contributed by atoms with Crippen LogP contribution in [0.25, 0.3) is 0 Å². The molecule has 0 aromatic heterocycles. The van der Waals surface area contributed by atoms with Crippen molar-refractivity contribution < 1.29 is 15.0 Å². The van der Waals surface area contributed by atoms with Crippen molar-refractivity contribution in [3.63, 3.8) is 0 Å². The molecule has 0 amide bonds. The molecule has 0 unspecified atom stereocenters. The van der Waals surface area contributed by atoms with E-state index in [0.717, 1.165) is 49.7 Å². The van der Waals surface area contributed by atoms with Gasteiger partial charge in [0, 0.05) is 0 Å². The zero-order chi connectivity index (χ0) is 13.2. The molecule has 4 bridgehead atoms. The van der Waals surface area contributed by atoms with Gasteiger partial charge < -0.3 is 10.2 Å². The lowest BCUT2D eigenvalue weighted by Crippen LogP contribution is -2.49. The zero-order valence-corrected chi connectivity index (χ0v) is 11.1. The highest BCUT2D eigenvalue weighted by Crippen LogP contribution is 2.59. The van der Waals surface area contributed by atoms with Crippen molar-refractivity contribution in [3.05, 3.63) is 12.3 Å². The first-order valence-electron chi connectivity index (χ1n) is 7.12. The van der Waals surface area contributed by atoms with Crippen LogP contribution in [0.1, 0.15) is 51.9 Å². The number of carbonyl (C=O) groups is 1. The molecule has 4 aliphatic carbocycles. The monoisotopic (exact) mass is 252 g/mol. The lowest BCUT2D eigenvalue weighted by molar-refractivity contribution is -0.164. The summed E-state index contributed by atoms with van der Waals surface area (Å²) in [5, 5.41) is 17.2. The van der Waals surface area contributed by atoms with Crippen molar-refractivity contribution in [1.29, 1.82) is 0 Å². The van der Waals surface area contributed by atoms with E-state index in [4.69, 9.17) is 5.11 Å². The molecule has 102 valence electrons. The van der Waals surface area contributed by atoms with Crippen molar-refractivity contribution in [2.45, 2.75) is 51.9 Å². The van der Waals surface area contributed by atoms with Gasteiger partial charge in [0.1, 0.15) is 0 Å². The minimum absolute atomic E-state index is 0.283. The van der Waals surface area contributed by atoms with Gasteiger partial charge in [0.2, 0.25) is 0 Å². The Morgan fingerprint density at radius 1 is 1.17 bits per heavy atom. The Hall–Kier alpha value is -0.990. The number of aliphatic hydroxyl groups excluding tert-OH is 1. The second-order valence-electron chi connectivity index (χ2n) is 6.30. The molecule has 0 spiro atoms. The van der Waals surface area contributed by atoms with Gasteiger partial charge in [0.15, 0.2) is 0 Å². The molecule has 0 radical (unpaired) electrons. The number of aliphatic carboxylic acids is 1. The molecule has 0 heterocycles. The number of hydrogen-bond donors (Lipinski definition) is 2. The van der Waals surface area contributed by atoms with Gasteiger partial charge in [-0.25, -0.2) is 0 Å². The van der Waals surface area contributed by atoms with Gasteiger partial charge in [0.05, 0.1) is 11.7 Å². The molecule has 18 heavy (non-hydrogen) atoms. The molecule has 4 rings (SSSR count). The number of aliphatic hydroxyl groups is 1. The molecule has 4 aliphatic rings. The molecular formula is C15H24O3. The molecule has 0 atom stereocenters. The zero-order valence-electron chi connectivity index (χ0n) is 11.1. The van der Waals surface area contributed by atoms with Gasteiger partial charge in [-0.15, -0.1) is 0 Å². The van der Waals surface area contributed by atoms with Crippen molar-refractivity contribution in [2.75, 3.05) is 0 Å². The SMILES string of the molecule is CCC=CO.O=C(O)C12CC3CC(CC(C3)C1)C2. The number of carboxylic acids is 1. The predicted molar refractivity (Wildman–Crippen MR) is 70.3 cm³/mol. The summed E-state index contributed by atoms with van der Waals surface area (Å²) in [6.45, 7) is 1.96. The van der Waals surface area contributed by atoms with Gasteiger partial charge >= 0.3 is 5.97 Å². The van der Waals surface area contributed by atoms with Crippen molar-refractivity contribution in [2.24, 2.45) is 23.2 Å². The van der Waals surface area contributed by atoms with Gasteiger partial charge in [-0.3, -0.25) is 4.79 Å². The lowest BCUT2D eigenvalue weighted by atomic mass is 9.49. The highest BCUT2D eigenvalue weighted by molar-refractivity contribution is 5.75. The second-order valence-corrected chi connectivity index (χ2v) is 6.30. The number of carboxylic acid groups (broad SMARTS) is 1. The van der Waals surface area contributed by atoms with E-state index in [-0.39, 0.29) is 5.41 Å². The molecule has 0 saturated heterocycles. The summed E-state index contributed by atoms with van der Waals surface area (Å²) in [7, 11) is 0. The molecule has 4 saturated carbocycles. The van der Waals surface area contributed by atoms with Gasteiger partial charge in [0.25, 0.3) is 0 Å². The number of rotatable bonds is 2. The summed E-state index contributed by atoms with van der Waals surface area (Å²) in [6, 6.07) is 0. The first-order chi connectivity index (χ1) is 8.59. The fourth-order valence-corrected chi connectivity index (χ4v) is 4.48. The lowest BCUT2D eigenvalue weighted by Gasteiger charge is -2.54.